The molecule has 0 radical (unpaired) electrons. The van der Waals surface area contributed by atoms with Gasteiger partial charge < -0.3 is 15.7 Å². The maximum atomic E-state index is 12.1. The fourth-order valence-corrected chi connectivity index (χ4v) is 2.40. The molecule has 118 valence electrons. The Balaban J connectivity index is 2.16. The number of carboxylic acids is 1. The summed E-state index contributed by atoms with van der Waals surface area (Å²) in [6.07, 6.45) is -0.166. The minimum Gasteiger partial charge on any atom is -0.481 e. The Morgan fingerprint density at radius 3 is 2.82 bits per heavy atom. The van der Waals surface area contributed by atoms with E-state index in [1.54, 1.807) is 13.0 Å². The standard InChI is InChI=1S/C14H16ClN3O4/c1-8(6-12(19)20)17-13(21)9-2-3-10(15)11(7-9)18-5-4-16-14(18)22/h2-3,7-8H,4-6H2,1H3,(H,16,22)(H,17,21)(H,19,20). The molecule has 1 aromatic carbocycles. The molecule has 0 saturated carbocycles. The third kappa shape index (κ3) is 3.67. The Morgan fingerprint density at radius 2 is 2.23 bits per heavy atom. The third-order valence-corrected chi connectivity index (χ3v) is 3.53. The smallest absolute Gasteiger partial charge is 0.322 e. The maximum absolute atomic E-state index is 12.1. The first-order valence-electron chi connectivity index (χ1n) is 6.76. The summed E-state index contributed by atoms with van der Waals surface area (Å²) in [7, 11) is 0. The number of urea groups is 1. The van der Waals surface area contributed by atoms with E-state index in [0.29, 0.717) is 29.4 Å². The topological polar surface area (TPSA) is 98.7 Å². The second kappa shape index (κ2) is 6.65. The van der Waals surface area contributed by atoms with Gasteiger partial charge in [0.05, 0.1) is 17.1 Å². The van der Waals surface area contributed by atoms with Crippen LogP contribution in [0.2, 0.25) is 5.02 Å². The molecule has 3 amide bonds. The second-order valence-corrected chi connectivity index (χ2v) is 5.43. The minimum atomic E-state index is -0.988. The predicted molar refractivity (Wildman–Crippen MR) is 81.4 cm³/mol. The van der Waals surface area contributed by atoms with Crippen molar-refractivity contribution < 1.29 is 19.5 Å². The molecule has 1 heterocycles. The summed E-state index contributed by atoms with van der Waals surface area (Å²) in [6.45, 7) is 2.59. The van der Waals surface area contributed by atoms with Gasteiger partial charge in [0.25, 0.3) is 5.91 Å². The summed E-state index contributed by atoms with van der Waals surface area (Å²) in [5.41, 5.74) is 0.770. The van der Waals surface area contributed by atoms with Crippen molar-refractivity contribution in [1.29, 1.82) is 0 Å². The van der Waals surface area contributed by atoms with Crippen LogP contribution in [0, 0.1) is 0 Å². The number of amides is 3. The molecule has 1 atom stereocenters. The number of benzene rings is 1. The molecule has 0 bridgehead atoms. The molecule has 3 N–H and O–H groups in total. The van der Waals surface area contributed by atoms with Crippen LogP contribution in [0.3, 0.4) is 0 Å². The lowest BCUT2D eigenvalue weighted by Crippen LogP contribution is -2.34. The van der Waals surface area contributed by atoms with E-state index in [9.17, 15) is 14.4 Å². The monoisotopic (exact) mass is 325 g/mol. The molecular weight excluding hydrogens is 310 g/mol. The predicted octanol–water partition coefficient (Wildman–Crippen LogP) is 1.46. The van der Waals surface area contributed by atoms with Crippen molar-refractivity contribution >= 4 is 35.2 Å². The quantitative estimate of drug-likeness (QED) is 0.763. The number of nitrogens with zero attached hydrogens (tertiary/aromatic N) is 1. The SMILES string of the molecule is CC(CC(=O)O)NC(=O)c1ccc(Cl)c(N2CCNC2=O)c1. The van der Waals surface area contributed by atoms with Gasteiger partial charge in [-0.15, -0.1) is 0 Å². The van der Waals surface area contributed by atoms with E-state index < -0.39 is 17.9 Å². The van der Waals surface area contributed by atoms with Crippen LogP contribution in [0.15, 0.2) is 18.2 Å². The van der Waals surface area contributed by atoms with E-state index in [0.717, 1.165) is 0 Å². The lowest BCUT2D eigenvalue weighted by molar-refractivity contribution is -0.137. The van der Waals surface area contributed by atoms with Crippen LogP contribution in [0.4, 0.5) is 10.5 Å². The van der Waals surface area contributed by atoms with Crippen molar-refractivity contribution in [2.75, 3.05) is 18.0 Å². The maximum Gasteiger partial charge on any atom is 0.322 e. The minimum absolute atomic E-state index is 0.166. The van der Waals surface area contributed by atoms with Gasteiger partial charge in [0.2, 0.25) is 0 Å². The molecule has 1 aromatic rings. The normalized spacial score (nSPS) is 15.4. The lowest BCUT2D eigenvalue weighted by Gasteiger charge is -2.17. The number of nitrogens with one attached hydrogen (secondary N) is 2. The fraction of sp³-hybridized carbons (Fsp3) is 0.357. The van der Waals surface area contributed by atoms with Crippen molar-refractivity contribution in [2.45, 2.75) is 19.4 Å². The number of carbonyl (C=O) groups is 3. The summed E-state index contributed by atoms with van der Waals surface area (Å²) in [5, 5.41) is 14.3. The van der Waals surface area contributed by atoms with E-state index in [1.807, 2.05) is 0 Å². The average Bonchev–Trinajstić information content (AvgIpc) is 2.84. The lowest BCUT2D eigenvalue weighted by atomic mass is 10.1. The third-order valence-electron chi connectivity index (χ3n) is 3.21. The molecule has 0 spiro atoms. The zero-order chi connectivity index (χ0) is 16.3. The summed E-state index contributed by atoms with van der Waals surface area (Å²) >= 11 is 6.09. The number of aliphatic carboxylic acids is 1. The van der Waals surface area contributed by atoms with Crippen molar-refractivity contribution in [2.24, 2.45) is 0 Å². The molecule has 1 fully saturated rings. The summed E-state index contributed by atoms with van der Waals surface area (Å²) in [5.74, 6) is -1.40. The van der Waals surface area contributed by atoms with Crippen LogP contribution in [-0.2, 0) is 4.79 Å². The number of hydrogen-bond acceptors (Lipinski definition) is 3. The molecule has 0 aromatic heterocycles. The number of rotatable bonds is 5. The van der Waals surface area contributed by atoms with E-state index in [4.69, 9.17) is 16.7 Å². The largest absolute Gasteiger partial charge is 0.481 e. The number of hydrogen-bond donors (Lipinski definition) is 3. The first-order chi connectivity index (χ1) is 10.4. The molecule has 1 unspecified atom stereocenters. The van der Waals surface area contributed by atoms with Gasteiger partial charge >= 0.3 is 12.0 Å². The van der Waals surface area contributed by atoms with Gasteiger partial charge in [-0.05, 0) is 25.1 Å². The van der Waals surface area contributed by atoms with Crippen molar-refractivity contribution in [3.63, 3.8) is 0 Å². The number of halogens is 1. The second-order valence-electron chi connectivity index (χ2n) is 5.02. The van der Waals surface area contributed by atoms with Crippen LogP contribution in [0.1, 0.15) is 23.7 Å². The highest BCUT2D eigenvalue weighted by Crippen LogP contribution is 2.28. The van der Waals surface area contributed by atoms with Gasteiger partial charge in [-0.1, -0.05) is 11.6 Å². The van der Waals surface area contributed by atoms with Crippen molar-refractivity contribution in [3.8, 4) is 0 Å². The molecule has 2 rings (SSSR count). The average molecular weight is 326 g/mol. The van der Waals surface area contributed by atoms with E-state index in [-0.39, 0.29) is 12.5 Å². The van der Waals surface area contributed by atoms with Gasteiger partial charge in [-0.3, -0.25) is 14.5 Å². The molecule has 8 heteroatoms. The summed E-state index contributed by atoms with van der Waals surface area (Å²) in [6, 6.07) is 3.83. The Labute approximate surface area is 132 Å². The van der Waals surface area contributed by atoms with E-state index in [2.05, 4.69) is 10.6 Å². The Kier molecular flexibility index (Phi) is 4.87. The van der Waals surface area contributed by atoms with Crippen LogP contribution in [0.5, 0.6) is 0 Å². The summed E-state index contributed by atoms with van der Waals surface area (Å²) < 4.78 is 0. The van der Waals surface area contributed by atoms with E-state index >= 15 is 0 Å². The zero-order valence-electron chi connectivity index (χ0n) is 11.9. The van der Waals surface area contributed by atoms with Gasteiger partial charge in [0, 0.05) is 24.7 Å². The highest BCUT2D eigenvalue weighted by atomic mass is 35.5. The van der Waals surface area contributed by atoms with Gasteiger partial charge in [0.15, 0.2) is 0 Å². The van der Waals surface area contributed by atoms with Gasteiger partial charge in [-0.2, -0.15) is 0 Å². The van der Waals surface area contributed by atoms with Gasteiger partial charge in [0.1, 0.15) is 0 Å². The Bertz CT molecular complexity index is 620. The fourth-order valence-electron chi connectivity index (χ4n) is 2.18. The van der Waals surface area contributed by atoms with Crippen LogP contribution in [0.25, 0.3) is 0 Å². The summed E-state index contributed by atoms with van der Waals surface area (Å²) in [4.78, 5) is 35.9. The first-order valence-corrected chi connectivity index (χ1v) is 7.14. The molecular formula is C14H16ClN3O4. The van der Waals surface area contributed by atoms with Crippen LogP contribution < -0.4 is 15.5 Å². The number of carboxylic acid groups (broad SMARTS) is 1. The van der Waals surface area contributed by atoms with Gasteiger partial charge in [-0.25, -0.2) is 4.79 Å². The van der Waals surface area contributed by atoms with Crippen LogP contribution in [-0.4, -0.2) is 42.1 Å². The van der Waals surface area contributed by atoms with E-state index in [1.165, 1.54) is 17.0 Å². The van der Waals surface area contributed by atoms with Crippen molar-refractivity contribution in [1.82, 2.24) is 10.6 Å². The molecule has 7 nitrogen and oxygen atoms in total. The molecule has 1 aliphatic heterocycles. The number of anilines is 1. The molecule has 1 aliphatic rings. The first kappa shape index (κ1) is 16.1. The number of carbonyl (C=O) groups excluding carboxylic acids is 2. The Morgan fingerprint density at radius 1 is 1.50 bits per heavy atom. The molecule has 1 saturated heterocycles. The van der Waals surface area contributed by atoms with Crippen molar-refractivity contribution in [3.05, 3.63) is 28.8 Å². The highest BCUT2D eigenvalue weighted by Gasteiger charge is 2.24. The molecule has 0 aliphatic carbocycles. The Hall–Kier alpha value is -2.28. The zero-order valence-corrected chi connectivity index (χ0v) is 12.7. The molecule has 22 heavy (non-hydrogen) atoms. The van der Waals surface area contributed by atoms with Crippen LogP contribution >= 0.6 is 11.6 Å². The highest BCUT2D eigenvalue weighted by molar-refractivity contribution is 6.34.